The lowest BCUT2D eigenvalue weighted by molar-refractivity contribution is -0.00764. The highest BCUT2D eigenvalue weighted by Crippen LogP contribution is 2.45. The maximum atomic E-state index is 14.8. The van der Waals surface area contributed by atoms with Gasteiger partial charge in [-0.05, 0) is 143 Å². The number of ether oxygens (including phenoxy) is 3. The summed E-state index contributed by atoms with van der Waals surface area (Å²) in [6, 6.07) is 6.54. The van der Waals surface area contributed by atoms with Gasteiger partial charge in [-0.25, -0.2) is 8.78 Å². The van der Waals surface area contributed by atoms with E-state index in [4.69, 9.17) is 14.2 Å². The van der Waals surface area contributed by atoms with Gasteiger partial charge in [-0.15, -0.1) is 0 Å². The average Bonchev–Trinajstić information content (AvgIpc) is 3.04. The molecule has 0 spiro atoms. The second kappa shape index (κ2) is 15.1. The molecule has 3 aliphatic carbocycles. The van der Waals surface area contributed by atoms with Gasteiger partial charge in [0.15, 0.2) is 23.1 Å². The van der Waals surface area contributed by atoms with Gasteiger partial charge in [0.2, 0.25) is 11.6 Å². The molecule has 3 fully saturated rings. The van der Waals surface area contributed by atoms with Crippen LogP contribution in [0.25, 0.3) is 0 Å². The van der Waals surface area contributed by atoms with Gasteiger partial charge in [-0.3, -0.25) is 0 Å². The third-order valence-corrected chi connectivity index (χ3v) is 10.4. The maximum Gasteiger partial charge on any atom is 0.200 e. The summed E-state index contributed by atoms with van der Waals surface area (Å²) in [7, 11) is 0. The number of hydrogen-bond donors (Lipinski definition) is 0. The number of benzene rings is 2. The standard InChI is InChI=1S/C36H48F4O3/c1-3-21-42-32-20-18-30(34(38)36(32)40)27-13-15-28(16-14-27)43-22-23-5-7-24(8-6-23)25-9-11-26(12-10-25)29-17-19-31(41-4-2)35(39)33(29)37/h17-20,23-28H,3-16,21-22H2,1-2H3. The molecule has 2 aromatic carbocycles. The quantitative estimate of drug-likeness (QED) is 0.239. The molecule has 0 heterocycles. The van der Waals surface area contributed by atoms with E-state index >= 15 is 0 Å². The lowest BCUT2D eigenvalue weighted by atomic mass is 9.68. The first-order valence-corrected chi connectivity index (χ1v) is 16.7. The first kappa shape index (κ1) is 32.1. The highest BCUT2D eigenvalue weighted by atomic mass is 19.2. The van der Waals surface area contributed by atoms with Crippen LogP contribution in [0.4, 0.5) is 17.6 Å². The largest absolute Gasteiger partial charge is 0.491 e. The minimum absolute atomic E-state index is 0.00137. The van der Waals surface area contributed by atoms with Gasteiger partial charge in [0, 0.05) is 6.61 Å². The maximum absolute atomic E-state index is 14.8. The summed E-state index contributed by atoms with van der Waals surface area (Å²) in [5, 5.41) is 0. The summed E-state index contributed by atoms with van der Waals surface area (Å²) >= 11 is 0. The molecule has 238 valence electrons. The monoisotopic (exact) mass is 604 g/mol. The smallest absolute Gasteiger partial charge is 0.200 e. The fraction of sp³-hybridized carbons (Fsp3) is 0.667. The Morgan fingerprint density at radius 3 is 1.58 bits per heavy atom. The van der Waals surface area contributed by atoms with Gasteiger partial charge in [-0.2, -0.15) is 8.78 Å². The highest BCUT2D eigenvalue weighted by Gasteiger charge is 2.33. The van der Waals surface area contributed by atoms with Crippen molar-refractivity contribution < 1.29 is 31.8 Å². The normalized spacial score (nSPS) is 28.0. The van der Waals surface area contributed by atoms with Crippen LogP contribution in [0.15, 0.2) is 24.3 Å². The van der Waals surface area contributed by atoms with Crippen LogP contribution in [-0.4, -0.2) is 25.9 Å². The van der Waals surface area contributed by atoms with Crippen LogP contribution in [0.2, 0.25) is 0 Å². The van der Waals surface area contributed by atoms with Crippen molar-refractivity contribution in [3.8, 4) is 11.5 Å². The van der Waals surface area contributed by atoms with E-state index in [1.54, 1.807) is 31.2 Å². The Kier molecular flexibility index (Phi) is 11.3. The zero-order chi connectivity index (χ0) is 30.3. The minimum Gasteiger partial charge on any atom is -0.491 e. The summed E-state index contributed by atoms with van der Waals surface area (Å²) in [4.78, 5) is 0. The molecule has 0 aliphatic heterocycles. The summed E-state index contributed by atoms with van der Waals surface area (Å²) in [5.41, 5.74) is 0.963. The molecule has 43 heavy (non-hydrogen) atoms. The van der Waals surface area contributed by atoms with Gasteiger partial charge in [0.1, 0.15) is 0 Å². The van der Waals surface area contributed by atoms with Gasteiger partial charge in [-0.1, -0.05) is 19.1 Å². The van der Waals surface area contributed by atoms with E-state index < -0.39 is 23.3 Å². The van der Waals surface area contributed by atoms with Gasteiger partial charge in [0.05, 0.1) is 19.3 Å². The zero-order valence-corrected chi connectivity index (χ0v) is 25.8. The van der Waals surface area contributed by atoms with E-state index in [0.29, 0.717) is 42.1 Å². The molecule has 2 aromatic rings. The molecule has 5 rings (SSSR count). The SMILES string of the molecule is CCCOc1ccc(C2CCC(OCC3CCC(C4CCC(c5ccc(OCC)c(F)c5F)CC4)CC3)CC2)c(F)c1F. The molecule has 7 heteroatoms. The molecule has 0 aromatic heterocycles. The third kappa shape index (κ3) is 7.69. The van der Waals surface area contributed by atoms with E-state index in [9.17, 15) is 17.6 Å². The van der Waals surface area contributed by atoms with Crippen LogP contribution >= 0.6 is 0 Å². The summed E-state index contributed by atoms with van der Waals surface area (Å²) in [6.07, 6.45) is 13.0. The summed E-state index contributed by atoms with van der Waals surface area (Å²) in [6.45, 7) is 5.16. The fourth-order valence-electron chi connectivity index (χ4n) is 7.86. The van der Waals surface area contributed by atoms with Crippen molar-refractivity contribution in [2.24, 2.45) is 17.8 Å². The van der Waals surface area contributed by atoms with Crippen molar-refractivity contribution in [1.29, 1.82) is 0 Å². The Bertz CT molecular complexity index is 1180. The molecular weight excluding hydrogens is 556 g/mol. The van der Waals surface area contributed by atoms with Crippen molar-refractivity contribution in [3.05, 3.63) is 58.7 Å². The van der Waals surface area contributed by atoms with E-state index in [2.05, 4.69) is 0 Å². The van der Waals surface area contributed by atoms with E-state index in [1.807, 2.05) is 6.92 Å². The van der Waals surface area contributed by atoms with Gasteiger partial charge >= 0.3 is 0 Å². The van der Waals surface area contributed by atoms with Crippen LogP contribution in [0.5, 0.6) is 11.5 Å². The Balaban J connectivity index is 1.01. The molecule has 0 unspecified atom stereocenters. The zero-order valence-electron chi connectivity index (χ0n) is 25.8. The second-order valence-corrected chi connectivity index (χ2v) is 13.0. The molecule has 0 amide bonds. The Hall–Kier alpha value is -2.28. The molecule has 0 N–H and O–H groups in total. The minimum atomic E-state index is -0.870. The van der Waals surface area contributed by atoms with Gasteiger partial charge in [0.25, 0.3) is 0 Å². The second-order valence-electron chi connectivity index (χ2n) is 13.0. The number of hydrogen-bond acceptors (Lipinski definition) is 3. The first-order valence-electron chi connectivity index (χ1n) is 16.7. The topological polar surface area (TPSA) is 27.7 Å². The third-order valence-electron chi connectivity index (χ3n) is 10.4. The molecule has 0 atom stereocenters. The van der Waals surface area contributed by atoms with Crippen LogP contribution < -0.4 is 9.47 Å². The lowest BCUT2D eigenvalue weighted by Crippen LogP contribution is -2.29. The van der Waals surface area contributed by atoms with Crippen LogP contribution in [0, 0.1) is 41.0 Å². The molecule has 3 saturated carbocycles. The van der Waals surface area contributed by atoms with Gasteiger partial charge < -0.3 is 14.2 Å². The predicted molar refractivity (Wildman–Crippen MR) is 161 cm³/mol. The van der Waals surface area contributed by atoms with E-state index in [-0.39, 0.29) is 29.4 Å². The molecular formula is C36H48F4O3. The van der Waals surface area contributed by atoms with Crippen LogP contribution in [0.3, 0.4) is 0 Å². The molecule has 0 bridgehead atoms. The van der Waals surface area contributed by atoms with Crippen LogP contribution in [-0.2, 0) is 4.74 Å². The van der Waals surface area contributed by atoms with Crippen molar-refractivity contribution >= 4 is 0 Å². The summed E-state index contributed by atoms with van der Waals surface area (Å²) in [5.74, 6) is -1.18. The van der Waals surface area contributed by atoms with Crippen LogP contribution in [0.1, 0.15) is 120 Å². The van der Waals surface area contributed by atoms with E-state index in [1.165, 1.54) is 25.7 Å². The number of rotatable bonds is 11. The summed E-state index contributed by atoms with van der Waals surface area (Å²) < 4.78 is 75.3. The van der Waals surface area contributed by atoms with Crippen molar-refractivity contribution in [1.82, 2.24) is 0 Å². The predicted octanol–water partition coefficient (Wildman–Crippen LogP) is 10.3. The molecule has 0 saturated heterocycles. The average molecular weight is 605 g/mol. The highest BCUT2D eigenvalue weighted by molar-refractivity contribution is 5.34. The molecule has 3 aliphatic rings. The number of halogens is 4. The van der Waals surface area contributed by atoms with E-state index in [0.717, 1.165) is 64.4 Å². The Morgan fingerprint density at radius 2 is 1.07 bits per heavy atom. The Morgan fingerprint density at radius 1 is 0.581 bits per heavy atom. The fourth-order valence-corrected chi connectivity index (χ4v) is 7.86. The Labute approximate surface area is 254 Å². The van der Waals surface area contributed by atoms with Crippen molar-refractivity contribution in [3.63, 3.8) is 0 Å². The first-order chi connectivity index (χ1) is 20.9. The molecule has 0 radical (unpaired) electrons. The van der Waals surface area contributed by atoms with Crippen molar-refractivity contribution in [2.75, 3.05) is 19.8 Å². The molecule has 3 nitrogen and oxygen atoms in total. The lowest BCUT2D eigenvalue weighted by Gasteiger charge is -2.38. The van der Waals surface area contributed by atoms with Crippen molar-refractivity contribution in [2.45, 2.75) is 115 Å².